The molecule has 0 aromatic rings. The van der Waals surface area contributed by atoms with Crippen molar-refractivity contribution in [2.75, 3.05) is 19.6 Å². The van der Waals surface area contributed by atoms with Crippen LogP contribution in [0.2, 0.25) is 0 Å². The second-order valence-corrected chi connectivity index (χ2v) is 4.91. The smallest absolute Gasteiger partial charge is 0.303 e. The van der Waals surface area contributed by atoms with E-state index in [1.54, 1.807) is 0 Å². The molecule has 0 N–H and O–H groups in total. The number of likely N-dealkylation sites (tertiary alicyclic amines) is 1. The maximum atomic E-state index is 12.0. The highest BCUT2D eigenvalue weighted by molar-refractivity contribution is 6.20. The molecule has 0 aromatic carbocycles. The molecule has 1 nitrogen and oxygen atoms in total. The Hall–Kier alpha value is 0.0400. The van der Waals surface area contributed by atoms with Gasteiger partial charge in [0.15, 0.2) is 0 Å². The number of piperidine rings is 1. The van der Waals surface area contributed by atoms with Crippen LogP contribution in [0.4, 0.5) is 13.2 Å². The Balaban J connectivity index is 2.20. The Kier molecular flexibility index (Phi) is 4.71. The van der Waals surface area contributed by atoms with Crippen molar-refractivity contribution in [1.29, 1.82) is 0 Å². The molecule has 1 saturated heterocycles. The molecule has 0 radical (unpaired) electrons. The summed E-state index contributed by atoms with van der Waals surface area (Å²) >= 11 is 5.96. The van der Waals surface area contributed by atoms with Crippen molar-refractivity contribution < 1.29 is 13.2 Å². The van der Waals surface area contributed by atoms with Crippen LogP contribution in [-0.2, 0) is 0 Å². The van der Waals surface area contributed by atoms with Crippen LogP contribution in [-0.4, -0.2) is 36.1 Å². The summed E-state index contributed by atoms with van der Waals surface area (Å²) < 4.78 is 35.9. The largest absolute Gasteiger partial charge is 0.390 e. The van der Waals surface area contributed by atoms with E-state index in [9.17, 15) is 13.2 Å². The molecule has 1 aliphatic rings. The first-order valence-corrected chi connectivity index (χ1v) is 5.75. The lowest BCUT2D eigenvalue weighted by atomic mass is 9.94. The summed E-state index contributed by atoms with van der Waals surface area (Å²) in [5.74, 6) is 0.466. The van der Waals surface area contributed by atoms with Crippen LogP contribution >= 0.6 is 11.6 Å². The Morgan fingerprint density at radius 3 is 2.27 bits per heavy atom. The van der Waals surface area contributed by atoms with Gasteiger partial charge in [-0.3, -0.25) is 0 Å². The zero-order valence-electron chi connectivity index (χ0n) is 8.86. The molecule has 0 saturated carbocycles. The van der Waals surface area contributed by atoms with Gasteiger partial charge in [-0.05, 0) is 38.8 Å². The molecule has 0 amide bonds. The van der Waals surface area contributed by atoms with Crippen molar-refractivity contribution in [1.82, 2.24) is 4.90 Å². The Bertz CT molecular complexity index is 186. The topological polar surface area (TPSA) is 3.24 Å². The molecule has 1 heterocycles. The molecule has 5 heteroatoms. The van der Waals surface area contributed by atoms with E-state index in [0.29, 0.717) is 5.92 Å². The van der Waals surface area contributed by atoms with Crippen LogP contribution in [0.5, 0.6) is 0 Å². The summed E-state index contributed by atoms with van der Waals surface area (Å²) in [6, 6.07) is 0. The van der Waals surface area contributed by atoms with Gasteiger partial charge in [-0.15, -0.1) is 11.6 Å². The standard InChI is InChI=1S/C10H17ClF3N/c1-8(11)9-2-5-15(6-3-9)7-4-10(12,13)14/h8-9H,2-7H2,1H3. The highest BCUT2D eigenvalue weighted by Crippen LogP contribution is 2.25. The van der Waals surface area contributed by atoms with Crippen LogP contribution in [0.25, 0.3) is 0 Å². The predicted molar refractivity (Wildman–Crippen MR) is 55.2 cm³/mol. The Labute approximate surface area is 93.6 Å². The molecule has 0 bridgehead atoms. The van der Waals surface area contributed by atoms with Gasteiger partial charge in [0, 0.05) is 11.9 Å². The molecule has 0 spiro atoms. The van der Waals surface area contributed by atoms with E-state index < -0.39 is 12.6 Å². The van der Waals surface area contributed by atoms with E-state index in [1.165, 1.54) is 0 Å². The lowest BCUT2D eigenvalue weighted by Gasteiger charge is -2.33. The average Bonchev–Trinajstić information content (AvgIpc) is 2.14. The SMILES string of the molecule is CC(Cl)C1CCN(CCC(F)(F)F)CC1. The first-order chi connectivity index (χ1) is 6.88. The van der Waals surface area contributed by atoms with Crippen LogP contribution in [0.1, 0.15) is 26.2 Å². The van der Waals surface area contributed by atoms with Gasteiger partial charge in [-0.1, -0.05) is 0 Å². The van der Waals surface area contributed by atoms with Gasteiger partial charge in [0.05, 0.1) is 6.42 Å². The fraction of sp³-hybridized carbons (Fsp3) is 1.00. The van der Waals surface area contributed by atoms with Crippen LogP contribution in [0, 0.1) is 5.92 Å². The molecule has 15 heavy (non-hydrogen) atoms. The maximum absolute atomic E-state index is 12.0. The molecular weight excluding hydrogens is 227 g/mol. The number of alkyl halides is 4. The molecular formula is C10H17ClF3N. The van der Waals surface area contributed by atoms with Crippen molar-refractivity contribution in [3.63, 3.8) is 0 Å². The van der Waals surface area contributed by atoms with Crippen molar-refractivity contribution in [2.24, 2.45) is 5.92 Å². The lowest BCUT2D eigenvalue weighted by molar-refractivity contribution is -0.138. The number of nitrogens with zero attached hydrogens (tertiary/aromatic N) is 1. The van der Waals surface area contributed by atoms with Gasteiger partial charge in [0.1, 0.15) is 0 Å². The Morgan fingerprint density at radius 2 is 1.87 bits per heavy atom. The Morgan fingerprint density at radius 1 is 1.33 bits per heavy atom. The summed E-state index contributed by atoms with van der Waals surface area (Å²) in [5.41, 5.74) is 0. The number of halogens is 4. The lowest BCUT2D eigenvalue weighted by Crippen LogP contribution is -2.37. The van der Waals surface area contributed by atoms with Crippen LogP contribution < -0.4 is 0 Å². The van der Waals surface area contributed by atoms with E-state index in [2.05, 4.69) is 0 Å². The minimum absolute atomic E-state index is 0.132. The van der Waals surface area contributed by atoms with E-state index >= 15 is 0 Å². The quantitative estimate of drug-likeness (QED) is 0.688. The minimum Gasteiger partial charge on any atom is -0.303 e. The third-order valence-electron chi connectivity index (χ3n) is 2.99. The van der Waals surface area contributed by atoms with Crippen LogP contribution in [0.3, 0.4) is 0 Å². The van der Waals surface area contributed by atoms with Crippen molar-refractivity contribution >= 4 is 11.6 Å². The van der Waals surface area contributed by atoms with Crippen molar-refractivity contribution in [3.8, 4) is 0 Å². The second-order valence-electron chi connectivity index (χ2n) is 4.22. The van der Waals surface area contributed by atoms with Gasteiger partial charge < -0.3 is 4.90 Å². The van der Waals surface area contributed by atoms with E-state index in [4.69, 9.17) is 11.6 Å². The van der Waals surface area contributed by atoms with Crippen molar-refractivity contribution in [2.45, 2.75) is 37.7 Å². The van der Waals surface area contributed by atoms with Gasteiger partial charge >= 0.3 is 6.18 Å². The van der Waals surface area contributed by atoms with Gasteiger partial charge in [0.2, 0.25) is 0 Å². The highest BCUT2D eigenvalue weighted by Gasteiger charge is 2.29. The first-order valence-electron chi connectivity index (χ1n) is 5.31. The molecule has 1 aliphatic heterocycles. The molecule has 1 atom stereocenters. The number of hydrogen-bond acceptors (Lipinski definition) is 1. The molecule has 90 valence electrons. The summed E-state index contributed by atoms with van der Waals surface area (Å²) in [6.07, 6.45) is -2.89. The number of hydrogen-bond donors (Lipinski definition) is 0. The predicted octanol–water partition coefficient (Wildman–Crippen LogP) is 3.28. The second kappa shape index (κ2) is 5.39. The fourth-order valence-corrected chi connectivity index (χ4v) is 2.17. The summed E-state index contributed by atoms with van der Waals surface area (Å²) in [4.78, 5) is 1.88. The molecule has 0 aliphatic carbocycles. The fourth-order valence-electron chi connectivity index (χ4n) is 1.92. The monoisotopic (exact) mass is 243 g/mol. The van der Waals surface area contributed by atoms with Crippen molar-refractivity contribution in [3.05, 3.63) is 0 Å². The zero-order chi connectivity index (χ0) is 11.5. The average molecular weight is 244 g/mol. The highest BCUT2D eigenvalue weighted by atomic mass is 35.5. The van der Waals surface area contributed by atoms with E-state index in [0.717, 1.165) is 25.9 Å². The normalized spacial score (nSPS) is 23.0. The van der Waals surface area contributed by atoms with E-state index in [1.807, 2.05) is 11.8 Å². The summed E-state index contributed by atoms with van der Waals surface area (Å²) in [5, 5.41) is 0.134. The zero-order valence-corrected chi connectivity index (χ0v) is 9.61. The van der Waals surface area contributed by atoms with Gasteiger partial charge in [-0.2, -0.15) is 13.2 Å². The third kappa shape index (κ3) is 5.07. The molecule has 1 unspecified atom stereocenters. The minimum atomic E-state index is -4.03. The van der Waals surface area contributed by atoms with E-state index in [-0.39, 0.29) is 11.9 Å². The maximum Gasteiger partial charge on any atom is 0.390 e. The molecule has 1 fully saturated rings. The van der Waals surface area contributed by atoms with Gasteiger partial charge in [0.25, 0.3) is 0 Å². The summed E-state index contributed by atoms with van der Waals surface area (Å²) in [6.45, 7) is 3.58. The molecule has 0 aromatic heterocycles. The van der Waals surface area contributed by atoms with Gasteiger partial charge in [-0.25, -0.2) is 0 Å². The first kappa shape index (κ1) is 13.1. The number of rotatable bonds is 3. The van der Waals surface area contributed by atoms with Crippen LogP contribution in [0.15, 0.2) is 0 Å². The summed E-state index contributed by atoms with van der Waals surface area (Å²) in [7, 11) is 0. The molecule has 1 rings (SSSR count). The third-order valence-corrected chi connectivity index (χ3v) is 3.35.